The zero-order chi connectivity index (χ0) is 42.8. The number of carboxylic acid groups (broad SMARTS) is 1. The van der Waals surface area contributed by atoms with E-state index in [9.17, 15) is 81.0 Å². The lowest BCUT2D eigenvalue weighted by Crippen LogP contribution is -2.31. The van der Waals surface area contributed by atoms with Crippen LogP contribution in [0.1, 0.15) is 39.0 Å². The molecule has 24 heteroatoms. The van der Waals surface area contributed by atoms with Crippen LogP contribution in [0.4, 0.5) is 79.8 Å². The summed E-state index contributed by atoms with van der Waals surface area (Å²) in [6, 6.07) is 11.3. The molecule has 5 N–H and O–H groups in total. The van der Waals surface area contributed by atoms with E-state index in [1.54, 1.807) is 0 Å². The average Bonchev–Trinajstić information content (AvgIpc) is 3.61. The van der Waals surface area contributed by atoms with E-state index in [1.807, 2.05) is 5.32 Å². The lowest BCUT2D eigenvalue weighted by Gasteiger charge is -2.16. The van der Waals surface area contributed by atoms with Gasteiger partial charge in [0.1, 0.15) is 5.82 Å². The Kier molecular flexibility index (Phi) is 14.7. The van der Waals surface area contributed by atoms with Crippen LogP contribution < -0.4 is 21.3 Å². The number of hydrogen-bond donors (Lipinski definition) is 5. The standard InChI is InChI=1S/C16H9F7N2O2.C11H8F6N2O2.C5H4O3/c17-11-4-2-1-3-9(11)13(26)24-8-5-6-12(10(7-8)15(18,19)20)25-14(27)16(21,22)23;1-5(20)18-6-2-3-8(7(4-6)10(12,13)14)19-9(21)11(15,16)17;6-5(7)4-2-1-3-8-4/h1-7H,(H,24,26)(H,25,27);2-4H,1H3,(H,18,20)(H,19,21);1-3H,(H,6,7). The first-order valence-electron chi connectivity index (χ1n) is 14.4. The molecule has 3 aromatic carbocycles. The molecule has 0 aliphatic heterocycles. The summed E-state index contributed by atoms with van der Waals surface area (Å²) in [7, 11) is 0. The van der Waals surface area contributed by atoms with Gasteiger partial charge in [0.05, 0.1) is 34.3 Å². The second kappa shape index (κ2) is 18.1. The molecule has 0 fully saturated rings. The van der Waals surface area contributed by atoms with Crippen LogP contribution in [0.5, 0.6) is 0 Å². The van der Waals surface area contributed by atoms with Crippen molar-refractivity contribution >= 4 is 52.3 Å². The Morgan fingerprint density at radius 2 is 1.04 bits per heavy atom. The first-order chi connectivity index (χ1) is 25.6. The first-order valence-corrected chi connectivity index (χ1v) is 14.4. The van der Waals surface area contributed by atoms with E-state index in [-0.39, 0.29) is 11.4 Å². The summed E-state index contributed by atoms with van der Waals surface area (Å²) in [5, 5.41) is 14.5. The molecule has 0 saturated heterocycles. The summed E-state index contributed by atoms with van der Waals surface area (Å²) in [5.74, 6) is -8.81. The minimum absolute atomic E-state index is 0.0231. The van der Waals surface area contributed by atoms with Gasteiger partial charge in [-0.25, -0.2) is 9.18 Å². The Balaban J connectivity index is 0.000000329. The molecule has 1 aromatic heterocycles. The van der Waals surface area contributed by atoms with E-state index in [4.69, 9.17) is 5.11 Å². The van der Waals surface area contributed by atoms with Crippen LogP contribution in [0, 0.1) is 5.82 Å². The molecule has 0 aliphatic carbocycles. The van der Waals surface area contributed by atoms with Crippen LogP contribution in [0.15, 0.2) is 83.5 Å². The number of hydrogen-bond acceptors (Lipinski definition) is 6. The fourth-order valence-electron chi connectivity index (χ4n) is 3.76. The smallest absolute Gasteiger partial charge is 0.471 e. The summed E-state index contributed by atoms with van der Waals surface area (Å²) in [6.07, 6.45) is -19.5. The maximum Gasteiger partial charge on any atom is 0.471 e. The number of aromatic carboxylic acids is 1. The Hall–Kier alpha value is -6.62. The number of carbonyl (C=O) groups is 5. The number of furan rings is 1. The number of nitrogens with one attached hydrogen (secondary N) is 4. The lowest BCUT2D eigenvalue weighted by molar-refractivity contribution is -0.167. The highest BCUT2D eigenvalue weighted by atomic mass is 19.4. The molecule has 0 atom stereocenters. The third kappa shape index (κ3) is 14.0. The van der Waals surface area contributed by atoms with Gasteiger partial charge in [0.2, 0.25) is 11.7 Å². The topological polar surface area (TPSA) is 167 Å². The SMILES string of the molecule is CC(=O)Nc1ccc(NC(=O)C(F)(F)F)c(C(F)(F)F)c1.O=C(Nc1ccc(NC(=O)C(F)(F)F)c(C(F)(F)F)c1)c1ccccc1F.O=C(O)c1ccco1. The lowest BCUT2D eigenvalue weighted by atomic mass is 10.1. The number of anilines is 4. The van der Waals surface area contributed by atoms with Crippen LogP contribution in [-0.2, 0) is 26.7 Å². The Bertz CT molecular complexity index is 2040. The molecular weight excluding hydrogens is 799 g/mol. The number of halogens is 13. The highest BCUT2D eigenvalue weighted by molar-refractivity contribution is 6.05. The van der Waals surface area contributed by atoms with E-state index in [1.165, 1.54) is 30.5 Å². The third-order valence-electron chi connectivity index (χ3n) is 6.09. The van der Waals surface area contributed by atoms with Gasteiger partial charge >= 0.3 is 42.5 Å². The molecule has 0 spiro atoms. The van der Waals surface area contributed by atoms with Crippen molar-refractivity contribution in [1.82, 2.24) is 0 Å². The molecule has 302 valence electrons. The van der Waals surface area contributed by atoms with Gasteiger partial charge in [-0.15, -0.1) is 0 Å². The van der Waals surface area contributed by atoms with E-state index in [0.29, 0.717) is 24.3 Å². The monoisotopic (exact) mass is 820 g/mol. The van der Waals surface area contributed by atoms with Gasteiger partial charge in [-0.05, 0) is 60.7 Å². The molecule has 4 amide bonds. The predicted molar refractivity (Wildman–Crippen MR) is 167 cm³/mol. The molecule has 11 nitrogen and oxygen atoms in total. The summed E-state index contributed by atoms with van der Waals surface area (Å²) in [4.78, 5) is 54.3. The fraction of sp³-hybridized carbons (Fsp3) is 0.156. The number of alkyl halides is 12. The zero-order valence-corrected chi connectivity index (χ0v) is 27.3. The Labute approximate surface area is 303 Å². The quantitative estimate of drug-likeness (QED) is 0.121. The minimum Gasteiger partial charge on any atom is -0.475 e. The number of amides is 4. The van der Waals surface area contributed by atoms with Gasteiger partial charge in [0.15, 0.2) is 0 Å². The van der Waals surface area contributed by atoms with Crippen LogP contribution >= 0.6 is 0 Å². The number of carbonyl (C=O) groups excluding carboxylic acids is 4. The average molecular weight is 821 g/mol. The summed E-state index contributed by atoms with van der Waals surface area (Å²) in [5.41, 5.74) is -6.49. The van der Waals surface area contributed by atoms with Crippen LogP contribution in [-0.4, -0.2) is 47.1 Å². The summed E-state index contributed by atoms with van der Waals surface area (Å²) in [6.45, 7) is 1.05. The molecule has 0 bridgehead atoms. The van der Waals surface area contributed by atoms with Gasteiger partial charge in [-0.3, -0.25) is 19.2 Å². The van der Waals surface area contributed by atoms with Gasteiger partial charge < -0.3 is 30.8 Å². The van der Waals surface area contributed by atoms with Crippen LogP contribution in [0.2, 0.25) is 0 Å². The van der Waals surface area contributed by atoms with Crippen LogP contribution in [0.3, 0.4) is 0 Å². The fourth-order valence-corrected chi connectivity index (χ4v) is 3.76. The van der Waals surface area contributed by atoms with E-state index < -0.39 is 93.9 Å². The molecule has 0 saturated carbocycles. The van der Waals surface area contributed by atoms with Crippen molar-refractivity contribution in [3.8, 4) is 0 Å². The second-order valence-corrected chi connectivity index (χ2v) is 10.3. The van der Waals surface area contributed by atoms with Gasteiger partial charge in [-0.1, -0.05) is 12.1 Å². The Morgan fingerprint density at radius 3 is 1.38 bits per heavy atom. The van der Waals surface area contributed by atoms with Crippen molar-refractivity contribution in [2.75, 3.05) is 21.3 Å². The molecule has 4 rings (SSSR count). The molecule has 0 radical (unpaired) electrons. The predicted octanol–water partition coefficient (Wildman–Crippen LogP) is 8.74. The third-order valence-corrected chi connectivity index (χ3v) is 6.09. The van der Waals surface area contributed by atoms with Gasteiger partial charge in [0.25, 0.3) is 5.91 Å². The van der Waals surface area contributed by atoms with E-state index in [0.717, 1.165) is 41.8 Å². The second-order valence-electron chi connectivity index (χ2n) is 10.3. The Morgan fingerprint density at radius 1 is 0.589 bits per heavy atom. The zero-order valence-electron chi connectivity index (χ0n) is 27.3. The maximum absolute atomic E-state index is 13.5. The van der Waals surface area contributed by atoms with Crippen molar-refractivity contribution in [2.24, 2.45) is 0 Å². The molecule has 4 aromatic rings. The molecule has 56 heavy (non-hydrogen) atoms. The minimum atomic E-state index is -5.39. The molecule has 0 unspecified atom stereocenters. The number of benzene rings is 3. The summed E-state index contributed by atoms with van der Waals surface area (Å²) < 4.78 is 169. The molecule has 0 aliphatic rings. The normalized spacial score (nSPS) is 11.5. The van der Waals surface area contributed by atoms with Crippen molar-refractivity contribution in [2.45, 2.75) is 31.6 Å². The molecule has 1 heterocycles. The highest BCUT2D eigenvalue weighted by Gasteiger charge is 2.42. The van der Waals surface area contributed by atoms with Gasteiger partial charge in [-0.2, -0.15) is 52.7 Å². The van der Waals surface area contributed by atoms with Gasteiger partial charge in [0, 0.05) is 18.3 Å². The highest BCUT2D eigenvalue weighted by Crippen LogP contribution is 2.38. The van der Waals surface area contributed by atoms with Crippen LogP contribution in [0.25, 0.3) is 0 Å². The number of carboxylic acids is 1. The van der Waals surface area contributed by atoms with Crippen molar-refractivity contribution in [3.05, 3.63) is 107 Å². The first kappa shape index (κ1) is 45.5. The van der Waals surface area contributed by atoms with E-state index >= 15 is 0 Å². The number of rotatable bonds is 6. The van der Waals surface area contributed by atoms with Crippen molar-refractivity contribution in [1.29, 1.82) is 0 Å². The molecular formula is C32H21F13N4O7. The maximum atomic E-state index is 13.5. The van der Waals surface area contributed by atoms with E-state index in [2.05, 4.69) is 9.73 Å². The summed E-state index contributed by atoms with van der Waals surface area (Å²) >= 11 is 0. The van der Waals surface area contributed by atoms with Crippen molar-refractivity contribution < 1.29 is 90.6 Å². The largest absolute Gasteiger partial charge is 0.475 e. The van der Waals surface area contributed by atoms with Crippen molar-refractivity contribution in [3.63, 3.8) is 0 Å².